The van der Waals surface area contributed by atoms with Gasteiger partial charge in [-0.25, -0.2) is 0 Å². The number of hydrogen-bond acceptors (Lipinski definition) is 3. The van der Waals surface area contributed by atoms with Crippen molar-refractivity contribution in [2.24, 2.45) is 0 Å². The van der Waals surface area contributed by atoms with Gasteiger partial charge in [-0.05, 0) is 25.0 Å². The molecule has 1 unspecified atom stereocenters. The highest BCUT2D eigenvalue weighted by Crippen LogP contribution is 2.30. The Morgan fingerprint density at radius 3 is 2.84 bits per heavy atom. The SMILES string of the molecule is O=C(c1cccc(O)c1O)N1CCCCCC1CCl. The van der Waals surface area contributed by atoms with Crippen molar-refractivity contribution in [2.75, 3.05) is 12.4 Å². The number of nitrogens with zero attached hydrogens (tertiary/aromatic N) is 1. The van der Waals surface area contributed by atoms with Crippen molar-refractivity contribution in [1.82, 2.24) is 4.90 Å². The van der Waals surface area contributed by atoms with E-state index in [1.807, 2.05) is 0 Å². The van der Waals surface area contributed by atoms with E-state index in [2.05, 4.69) is 0 Å². The zero-order valence-corrected chi connectivity index (χ0v) is 11.4. The molecule has 2 N–H and O–H groups in total. The van der Waals surface area contributed by atoms with Gasteiger partial charge in [0.25, 0.3) is 5.91 Å². The number of hydrogen-bond donors (Lipinski definition) is 2. The van der Waals surface area contributed by atoms with Crippen LogP contribution >= 0.6 is 11.6 Å². The maximum absolute atomic E-state index is 12.5. The Balaban J connectivity index is 2.28. The fourth-order valence-corrected chi connectivity index (χ4v) is 2.78. The number of para-hydroxylation sites is 1. The zero-order valence-electron chi connectivity index (χ0n) is 10.7. The third-order valence-electron chi connectivity index (χ3n) is 3.56. The number of phenols is 2. The molecule has 1 aromatic carbocycles. The molecule has 0 saturated carbocycles. The van der Waals surface area contributed by atoms with Crippen LogP contribution in [0.4, 0.5) is 0 Å². The van der Waals surface area contributed by atoms with E-state index < -0.39 is 0 Å². The van der Waals surface area contributed by atoms with Crippen LogP contribution in [0.2, 0.25) is 0 Å². The summed E-state index contributed by atoms with van der Waals surface area (Å²) in [6.07, 6.45) is 3.98. The van der Waals surface area contributed by atoms with Crippen molar-refractivity contribution in [3.8, 4) is 11.5 Å². The number of carbonyl (C=O) groups excluding carboxylic acids is 1. The van der Waals surface area contributed by atoms with Crippen LogP contribution in [-0.4, -0.2) is 39.5 Å². The maximum Gasteiger partial charge on any atom is 0.258 e. The van der Waals surface area contributed by atoms with E-state index in [4.69, 9.17) is 11.6 Å². The topological polar surface area (TPSA) is 60.8 Å². The van der Waals surface area contributed by atoms with Crippen LogP contribution in [0.3, 0.4) is 0 Å². The number of benzene rings is 1. The van der Waals surface area contributed by atoms with Crippen LogP contribution in [0.15, 0.2) is 18.2 Å². The molecule has 1 saturated heterocycles. The van der Waals surface area contributed by atoms with Crippen molar-refractivity contribution in [2.45, 2.75) is 31.7 Å². The molecule has 1 aliphatic heterocycles. The first-order chi connectivity index (χ1) is 9.15. The Bertz CT molecular complexity index is 464. The second kappa shape index (κ2) is 6.15. The zero-order chi connectivity index (χ0) is 13.8. The lowest BCUT2D eigenvalue weighted by atomic mass is 10.1. The average Bonchev–Trinajstić information content (AvgIpc) is 2.66. The monoisotopic (exact) mass is 283 g/mol. The number of alkyl halides is 1. The number of carbonyl (C=O) groups is 1. The number of likely N-dealkylation sites (tertiary alicyclic amines) is 1. The summed E-state index contributed by atoms with van der Waals surface area (Å²) in [5.74, 6) is -0.500. The van der Waals surface area contributed by atoms with Crippen molar-refractivity contribution in [3.63, 3.8) is 0 Å². The van der Waals surface area contributed by atoms with Crippen molar-refractivity contribution < 1.29 is 15.0 Å². The van der Waals surface area contributed by atoms with E-state index in [0.717, 1.165) is 25.7 Å². The quantitative estimate of drug-likeness (QED) is 0.648. The minimum absolute atomic E-state index is 0.00147. The van der Waals surface area contributed by atoms with Crippen LogP contribution in [0, 0.1) is 0 Å². The number of amides is 1. The molecule has 0 radical (unpaired) electrons. The van der Waals surface area contributed by atoms with E-state index >= 15 is 0 Å². The van der Waals surface area contributed by atoms with Crippen molar-refractivity contribution >= 4 is 17.5 Å². The summed E-state index contributed by atoms with van der Waals surface area (Å²) in [4.78, 5) is 14.2. The van der Waals surface area contributed by atoms with Gasteiger partial charge in [0.2, 0.25) is 0 Å². The molecular weight excluding hydrogens is 266 g/mol. The lowest BCUT2D eigenvalue weighted by Crippen LogP contribution is -2.41. The minimum atomic E-state index is -0.356. The summed E-state index contributed by atoms with van der Waals surface area (Å²) >= 11 is 5.94. The number of rotatable bonds is 2. The Kier molecular flexibility index (Phi) is 4.53. The predicted octanol–water partition coefficient (Wildman–Crippen LogP) is 2.72. The molecule has 1 heterocycles. The lowest BCUT2D eigenvalue weighted by molar-refractivity contribution is 0.0696. The summed E-state index contributed by atoms with van der Waals surface area (Å²) in [5, 5.41) is 19.3. The van der Waals surface area contributed by atoms with Gasteiger partial charge in [0.15, 0.2) is 11.5 Å². The molecule has 1 atom stereocenters. The molecule has 1 amide bonds. The normalized spacial score (nSPS) is 20.1. The summed E-state index contributed by atoms with van der Waals surface area (Å²) < 4.78 is 0. The fraction of sp³-hybridized carbons (Fsp3) is 0.500. The van der Waals surface area contributed by atoms with Gasteiger partial charge in [0.05, 0.1) is 5.56 Å². The van der Waals surface area contributed by atoms with Crippen molar-refractivity contribution in [3.05, 3.63) is 23.8 Å². The smallest absolute Gasteiger partial charge is 0.258 e. The molecule has 104 valence electrons. The summed E-state index contributed by atoms with van der Waals surface area (Å²) in [6, 6.07) is 4.43. The summed E-state index contributed by atoms with van der Waals surface area (Å²) in [6.45, 7) is 0.644. The average molecular weight is 284 g/mol. The van der Waals surface area contributed by atoms with Gasteiger partial charge in [-0.1, -0.05) is 18.9 Å². The maximum atomic E-state index is 12.5. The van der Waals surface area contributed by atoms with Crippen LogP contribution in [-0.2, 0) is 0 Å². The van der Waals surface area contributed by atoms with E-state index in [9.17, 15) is 15.0 Å². The fourth-order valence-electron chi connectivity index (χ4n) is 2.46. The molecule has 0 aliphatic carbocycles. The number of halogens is 1. The Labute approximate surface area is 117 Å². The van der Waals surface area contributed by atoms with Gasteiger partial charge in [0, 0.05) is 18.5 Å². The third kappa shape index (κ3) is 2.95. The molecule has 1 aliphatic rings. The molecule has 0 bridgehead atoms. The first kappa shape index (κ1) is 14.0. The van der Waals surface area contributed by atoms with Gasteiger partial charge >= 0.3 is 0 Å². The lowest BCUT2D eigenvalue weighted by Gasteiger charge is -2.28. The highest BCUT2D eigenvalue weighted by atomic mass is 35.5. The second-order valence-electron chi connectivity index (χ2n) is 4.83. The summed E-state index contributed by atoms with van der Waals surface area (Å²) in [5.41, 5.74) is 0.136. The van der Waals surface area contributed by atoms with Crippen molar-refractivity contribution in [1.29, 1.82) is 0 Å². The Morgan fingerprint density at radius 1 is 1.32 bits per heavy atom. The molecule has 0 spiro atoms. The highest BCUT2D eigenvalue weighted by molar-refractivity contribution is 6.18. The first-order valence-electron chi connectivity index (χ1n) is 6.53. The minimum Gasteiger partial charge on any atom is -0.504 e. The Hall–Kier alpha value is -1.42. The van der Waals surface area contributed by atoms with Crippen LogP contribution in [0.25, 0.3) is 0 Å². The van der Waals surface area contributed by atoms with Crippen LogP contribution in [0.1, 0.15) is 36.0 Å². The highest BCUT2D eigenvalue weighted by Gasteiger charge is 2.27. The van der Waals surface area contributed by atoms with Gasteiger partial charge in [0.1, 0.15) is 0 Å². The largest absolute Gasteiger partial charge is 0.504 e. The van der Waals surface area contributed by atoms with Crippen LogP contribution in [0.5, 0.6) is 11.5 Å². The van der Waals surface area contributed by atoms with Gasteiger partial charge in [-0.15, -0.1) is 11.6 Å². The van der Waals surface area contributed by atoms with Gasteiger partial charge < -0.3 is 15.1 Å². The van der Waals surface area contributed by atoms with E-state index in [1.54, 1.807) is 11.0 Å². The van der Waals surface area contributed by atoms with E-state index in [0.29, 0.717) is 12.4 Å². The van der Waals surface area contributed by atoms with Gasteiger partial charge in [-0.3, -0.25) is 4.79 Å². The molecule has 0 aromatic heterocycles. The molecule has 1 fully saturated rings. The van der Waals surface area contributed by atoms with E-state index in [1.165, 1.54) is 12.1 Å². The molecule has 19 heavy (non-hydrogen) atoms. The molecule has 5 heteroatoms. The first-order valence-corrected chi connectivity index (χ1v) is 7.06. The van der Waals surface area contributed by atoms with Crippen LogP contribution < -0.4 is 0 Å². The molecule has 1 aromatic rings. The van der Waals surface area contributed by atoms with E-state index in [-0.39, 0.29) is 29.0 Å². The standard InChI is InChI=1S/C14H18ClNO3/c15-9-10-5-2-1-3-8-16(10)14(19)11-6-4-7-12(17)13(11)18/h4,6-7,10,17-18H,1-3,5,8-9H2. The number of phenolic OH excluding ortho intramolecular Hbond substituents is 2. The number of aromatic hydroxyl groups is 2. The molecule has 4 nitrogen and oxygen atoms in total. The molecular formula is C14H18ClNO3. The predicted molar refractivity (Wildman–Crippen MR) is 73.8 cm³/mol. The Morgan fingerprint density at radius 2 is 2.11 bits per heavy atom. The second-order valence-corrected chi connectivity index (χ2v) is 5.14. The summed E-state index contributed by atoms with van der Waals surface area (Å²) in [7, 11) is 0. The van der Waals surface area contributed by atoms with Gasteiger partial charge in [-0.2, -0.15) is 0 Å². The third-order valence-corrected chi connectivity index (χ3v) is 3.92. The molecule has 2 rings (SSSR count).